The maximum atomic E-state index is 11.4. The van der Waals surface area contributed by atoms with Crippen LogP contribution in [0, 0.1) is 0 Å². The molecule has 0 aliphatic heterocycles. The lowest BCUT2D eigenvalue weighted by molar-refractivity contribution is 0.0928. The van der Waals surface area contributed by atoms with Crippen LogP contribution in [0.5, 0.6) is 5.75 Å². The van der Waals surface area contributed by atoms with Crippen molar-refractivity contribution < 1.29 is 14.3 Å². The third kappa shape index (κ3) is 3.50. The molecule has 0 aliphatic rings. The third-order valence-electron chi connectivity index (χ3n) is 2.23. The predicted molar refractivity (Wildman–Crippen MR) is 68.7 cm³/mol. The van der Waals surface area contributed by atoms with E-state index in [2.05, 4.69) is 0 Å². The van der Waals surface area contributed by atoms with E-state index in [1.165, 1.54) is 0 Å². The molecule has 92 valence electrons. The van der Waals surface area contributed by atoms with Crippen molar-refractivity contribution in [1.29, 1.82) is 0 Å². The summed E-state index contributed by atoms with van der Waals surface area (Å²) in [6, 6.07) is 16.1. The van der Waals surface area contributed by atoms with E-state index < -0.39 is 6.16 Å². The number of benzene rings is 2. The van der Waals surface area contributed by atoms with Crippen molar-refractivity contribution in [3.63, 3.8) is 0 Å². The van der Waals surface area contributed by atoms with Crippen LogP contribution in [0.1, 0.15) is 5.56 Å². The van der Waals surface area contributed by atoms with Crippen LogP contribution in [-0.4, -0.2) is 6.16 Å². The Labute approximate surface area is 110 Å². The van der Waals surface area contributed by atoms with Gasteiger partial charge in [-0.05, 0) is 17.7 Å². The van der Waals surface area contributed by atoms with Crippen LogP contribution in [0.4, 0.5) is 4.79 Å². The van der Waals surface area contributed by atoms with Crippen LogP contribution in [0.3, 0.4) is 0 Å². The first kappa shape index (κ1) is 12.5. The minimum atomic E-state index is -0.771. The molecular formula is C14H11ClO3. The Kier molecular flexibility index (Phi) is 4.20. The first-order chi connectivity index (χ1) is 8.75. The lowest BCUT2D eigenvalue weighted by Gasteiger charge is -2.06. The zero-order valence-electron chi connectivity index (χ0n) is 9.51. The van der Waals surface area contributed by atoms with Crippen LogP contribution in [0.2, 0.25) is 5.02 Å². The lowest BCUT2D eigenvalue weighted by Crippen LogP contribution is -2.10. The van der Waals surface area contributed by atoms with Crippen LogP contribution >= 0.6 is 11.6 Å². The fourth-order valence-electron chi connectivity index (χ4n) is 1.36. The van der Waals surface area contributed by atoms with Gasteiger partial charge in [0.15, 0.2) is 5.75 Å². The van der Waals surface area contributed by atoms with Gasteiger partial charge in [-0.15, -0.1) is 0 Å². The Hall–Kier alpha value is -2.00. The van der Waals surface area contributed by atoms with Crippen molar-refractivity contribution in [3.8, 4) is 5.75 Å². The van der Waals surface area contributed by atoms with Crippen molar-refractivity contribution in [2.75, 3.05) is 0 Å². The van der Waals surface area contributed by atoms with Crippen molar-refractivity contribution in [1.82, 2.24) is 0 Å². The predicted octanol–water partition coefficient (Wildman–Crippen LogP) is 4.06. The Morgan fingerprint density at radius 2 is 1.67 bits per heavy atom. The molecule has 4 heteroatoms. The fraction of sp³-hybridized carbons (Fsp3) is 0.0714. The molecule has 0 aliphatic carbocycles. The van der Waals surface area contributed by atoms with Gasteiger partial charge < -0.3 is 9.47 Å². The molecular weight excluding hydrogens is 252 g/mol. The summed E-state index contributed by atoms with van der Waals surface area (Å²) in [6.45, 7) is 0.171. The van der Waals surface area contributed by atoms with E-state index >= 15 is 0 Å². The quantitative estimate of drug-likeness (QED) is 0.618. The highest BCUT2D eigenvalue weighted by Gasteiger charge is 2.08. The summed E-state index contributed by atoms with van der Waals surface area (Å²) in [5.41, 5.74) is 0.897. The van der Waals surface area contributed by atoms with Gasteiger partial charge >= 0.3 is 6.16 Å². The minimum absolute atomic E-state index is 0.171. The van der Waals surface area contributed by atoms with Crippen LogP contribution < -0.4 is 4.74 Å². The SMILES string of the molecule is O=C(OCc1ccccc1)Oc1ccccc1Cl. The summed E-state index contributed by atoms with van der Waals surface area (Å²) < 4.78 is 9.94. The van der Waals surface area contributed by atoms with Gasteiger partial charge in [-0.2, -0.15) is 0 Å². The Bertz CT molecular complexity index is 526. The molecule has 0 unspecified atom stereocenters. The summed E-state index contributed by atoms with van der Waals surface area (Å²) in [5.74, 6) is 0.289. The topological polar surface area (TPSA) is 35.5 Å². The fourth-order valence-corrected chi connectivity index (χ4v) is 1.54. The summed E-state index contributed by atoms with van der Waals surface area (Å²) >= 11 is 5.85. The molecule has 2 rings (SSSR count). The molecule has 2 aromatic carbocycles. The molecule has 18 heavy (non-hydrogen) atoms. The largest absolute Gasteiger partial charge is 0.514 e. The van der Waals surface area contributed by atoms with Crippen molar-refractivity contribution >= 4 is 17.8 Å². The zero-order valence-corrected chi connectivity index (χ0v) is 10.3. The summed E-state index contributed by atoms with van der Waals surface area (Å²) in [6.07, 6.45) is -0.771. The molecule has 2 aromatic rings. The molecule has 0 aromatic heterocycles. The average molecular weight is 263 g/mol. The maximum absolute atomic E-state index is 11.4. The first-order valence-electron chi connectivity index (χ1n) is 5.39. The number of rotatable bonds is 3. The second-order valence-corrected chi connectivity index (χ2v) is 3.96. The van der Waals surface area contributed by atoms with E-state index in [1.54, 1.807) is 24.3 Å². The maximum Gasteiger partial charge on any atom is 0.514 e. The van der Waals surface area contributed by atoms with E-state index in [1.807, 2.05) is 30.3 Å². The van der Waals surface area contributed by atoms with E-state index in [-0.39, 0.29) is 12.4 Å². The van der Waals surface area contributed by atoms with Gasteiger partial charge in [0.2, 0.25) is 0 Å². The van der Waals surface area contributed by atoms with Crippen LogP contribution in [-0.2, 0) is 11.3 Å². The highest BCUT2D eigenvalue weighted by atomic mass is 35.5. The van der Waals surface area contributed by atoms with Gasteiger partial charge in [0.05, 0.1) is 5.02 Å². The lowest BCUT2D eigenvalue weighted by atomic mass is 10.2. The Morgan fingerprint density at radius 1 is 1.00 bits per heavy atom. The van der Waals surface area contributed by atoms with Gasteiger partial charge in [-0.3, -0.25) is 0 Å². The second-order valence-electron chi connectivity index (χ2n) is 3.56. The second kappa shape index (κ2) is 6.07. The summed E-state index contributed by atoms with van der Waals surface area (Å²) in [4.78, 5) is 11.4. The van der Waals surface area contributed by atoms with E-state index in [0.717, 1.165) is 5.56 Å². The van der Waals surface area contributed by atoms with Gasteiger partial charge in [0.25, 0.3) is 0 Å². The van der Waals surface area contributed by atoms with Crippen molar-refractivity contribution in [2.24, 2.45) is 0 Å². The minimum Gasteiger partial charge on any atom is -0.429 e. The molecule has 3 nitrogen and oxygen atoms in total. The monoisotopic (exact) mass is 262 g/mol. The van der Waals surface area contributed by atoms with E-state index in [9.17, 15) is 4.79 Å². The number of carbonyl (C=O) groups is 1. The molecule has 0 amide bonds. The van der Waals surface area contributed by atoms with Crippen molar-refractivity contribution in [2.45, 2.75) is 6.61 Å². The van der Waals surface area contributed by atoms with Gasteiger partial charge in [0, 0.05) is 0 Å². The smallest absolute Gasteiger partial charge is 0.429 e. The third-order valence-corrected chi connectivity index (χ3v) is 2.54. The molecule has 0 saturated carbocycles. The summed E-state index contributed by atoms with van der Waals surface area (Å²) in [7, 11) is 0. The molecule has 0 radical (unpaired) electrons. The zero-order chi connectivity index (χ0) is 12.8. The number of para-hydroxylation sites is 1. The highest BCUT2D eigenvalue weighted by molar-refractivity contribution is 6.32. The normalized spacial score (nSPS) is 9.83. The number of ether oxygens (including phenoxy) is 2. The van der Waals surface area contributed by atoms with Gasteiger partial charge in [-0.25, -0.2) is 4.79 Å². The average Bonchev–Trinajstić information content (AvgIpc) is 2.40. The number of carbonyl (C=O) groups excluding carboxylic acids is 1. The highest BCUT2D eigenvalue weighted by Crippen LogP contribution is 2.23. The first-order valence-corrected chi connectivity index (χ1v) is 5.76. The molecule has 0 bridgehead atoms. The van der Waals surface area contributed by atoms with Gasteiger partial charge in [-0.1, -0.05) is 54.1 Å². The van der Waals surface area contributed by atoms with Crippen LogP contribution in [0.25, 0.3) is 0 Å². The van der Waals surface area contributed by atoms with Crippen molar-refractivity contribution in [3.05, 3.63) is 65.2 Å². The standard InChI is InChI=1S/C14H11ClO3/c15-12-8-4-5-9-13(12)18-14(16)17-10-11-6-2-1-3-7-11/h1-9H,10H2. The van der Waals surface area contributed by atoms with Crippen LogP contribution in [0.15, 0.2) is 54.6 Å². The summed E-state index contributed by atoms with van der Waals surface area (Å²) in [5, 5.41) is 0.370. The number of hydrogen-bond acceptors (Lipinski definition) is 3. The number of halogens is 1. The molecule has 0 fully saturated rings. The molecule has 0 spiro atoms. The Balaban J connectivity index is 1.88. The molecule has 0 N–H and O–H groups in total. The molecule has 0 saturated heterocycles. The van der Waals surface area contributed by atoms with E-state index in [4.69, 9.17) is 21.1 Å². The molecule has 0 heterocycles. The van der Waals surface area contributed by atoms with E-state index in [0.29, 0.717) is 5.02 Å². The molecule has 0 atom stereocenters. The Morgan fingerprint density at radius 3 is 2.39 bits per heavy atom. The number of hydrogen-bond donors (Lipinski definition) is 0. The van der Waals surface area contributed by atoms with Gasteiger partial charge in [0.1, 0.15) is 6.61 Å².